The molecule has 0 aromatic heterocycles. The van der Waals surface area contributed by atoms with E-state index in [1.165, 1.54) is 12.8 Å². The van der Waals surface area contributed by atoms with Gasteiger partial charge in [-0.25, -0.2) is 0 Å². The molecule has 0 atom stereocenters. The Kier molecular flexibility index (Phi) is 4.43. The lowest BCUT2D eigenvalue weighted by Gasteiger charge is -2.11. The van der Waals surface area contributed by atoms with E-state index in [-0.39, 0.29) is 5.91 Å². The lowest BCUT2D eigenvalue weighted by molar-refractivity contribution is -0.118. The van der Waals surface area contributed by atoms with Gasteiger partial charge in [-0.3, -0.25) is 4.79 Å². The van der Waals surface area contributed by atoms with E-state index in [1.54, 1.807) is 0 Å². The molecule has 0 unspecified atom stereocenters. The zero-order valence-corrected chi connectivity index (χ0v) is 11.3. The molecular weight excluding hydrogens is 246 g/mol. The highest BCUT2D eigenvalue weighted by Crippen LogP contribution is 2.18. The fourth-order valence-electron chi connectivity index (χ4n) is 2.24. The molecule has 2 rings (SSSR count). The van der Waals surface area contributed by atoms with Crippen LogP contribution in [-0.2, 0) is 4.79 Å². The van der Waals surface area contributed by atoms with Crippen LogP contribution in [0.25, 0.3) is 6.08 Å². The van der Waals surface area contributed by atoms with E-state index >= 15 is 0 Å². The molecule has 1 amide bonds. The molecule has 1 aliphatic rings. The zero-order chi connectivity index (χ0) is 13.0. The van der Waals surface area contributed by atoms with Crippen LogP contribution >= 0.6 is 11.6 Å². The zero-order valence-electron chi connectivity index (χ0n) is 10.6. The van der Waals surface area contributed by atoms with E-state index in [9.17, 15) is 4.79 Å². The quantitative estimate of drug-likeness (QED) is 0.826. The second-order valence-electron chi connectivity index (χ2n) is 4.83. The fourth-order valence-corrected chi connectivity index (χ4v) is 2.37. The number of rotatable bonds is 3. The van der Waals surface area contributed by atoms with Crippen LogP contribution in [-0.4, -0.2) is 11.9 Å². The van der Waals surface area contributed by atoms with Crippen LogP contribution in [0.5, 0.6) is 0 Å². The number of halogens is 1. The summed E-state index contributed by atoms with van der Waals surface area (Å²) in [5.41, 5.74) is 1.74. The maximum absolute atomic E-state index is 12.0. The summed E-state index contributed by atoms with van der Waals surface area (Å²) < 4.78 is 0. The van der Waals surface area contributed by atoms with Crippen LogP contribution in [0.4, 0.5) is 0 Å². The Labute approximate surface area is 113 Å². The van der Waals surface area contributed by atoms with Crippen LogP contribution in [0.1, 0.15) is 38.2 Å². The minimum absolute atomic E-state index is 0.0388. The Bertz CT molecular complexity index is 444. The maximum Gasteiger partial charge on any atom is 0.247 e. The molecule has 0 aliphatic heterocycles. The molecule has 96 valence electrons. The first-order chi connectivity index (χ1) is 8.65. The summed E-state index contributed by atoms with van der Waals surface area (Å²) in [7, 11) is 0. The summed E-state index contributed by atoms with van der Waals surface area (Å²) in [5.74, 6) is 0.0388. The van der Waals surface area contributed by atoms with Crippen molar-refractivity contribution < 1.29 is 4.79 Å². The van der Waals surface area contributed by atoms with E-state index in [4.69, 9.17) is 11.6 Å². The van der Waals surface area contributed by atoms with Crippen molar-refractivity contribution >= 4 is 23.6 Å². The number of amides is 1. The van der Waals surface area contributed by atoms with Crippen LogP contribution in [0, 0.1) is 0 Å². The van der Waals surface area contributed by atoms with Crippen molar-refractivity contribution in [2.75, 3.05) is 0 Å². The van der Waals surface area contributed by atoms with Gasteiger partial charge in [0.05, 0.1) is 0 Å². The average Bonchev–Trinajstić information content (AvgIpc) is 2.85. The number of carbonyl (C=O) groups excluding carboxylic acids is 1. The van der Waals surface area contributed by atoms with Crippen molar-refractivity contribution in [2.45, 2.75) is 38.6 Å². The number of carbonyl (C=O) groups is 1. The maximum atomic E-state index is 12.0. The largest absolute Gasteiger partial charge is 0.350 e. The minimum Gasteiger partial charge on any atom is -0.350 e. The lowest BCUT2D eigenvalue weighted by Crippen LogP contribution is -2.33. The topological polar surface area (TPSA) is 29.1 Å². The second-order valence-corrected chi connectivity index (χ2v) is 5.27. The Balaban J connectivity index is 1.98. The van der Waals surface area contributed by atoms with E-state index in [1.807, 2.05) is 37.3 Å². The first-order valence-electron chi connectivity index (χ1n) is 6.40. The Morgan fingerprint density at radius 1 is 1.28 bits per heavy atom. The van der Waals surface area contributed by atoms with Gasteiger partial charge in [-0.2, -0.15) is 0 Å². The summed E-state index contributed by atoms with van der Waals surface area (Å²) >= 11 is 5.82. The van der Waals surface area contributed by atoms with Gasteiger partial charge >= 0.3 is 0 Å². The van der Waals surface area contributed by atoms with Gasteiger partial charge in [0.25, 0.3) is 0 Å². The van der Waals surface area contributed by atoms with Gasteiger partial charge in [0.2, 0.25) is 5.91 Å². The molecule has 1 N–H and O–H groups in total. The molecule has 0 heterocycles. The third-order valence-electron chi connectivity index (χ3n) is 3.30. The highest BCUT2D eigenvalue weighted by Gasteiger charge is 2.17. The highest BCUT2D eigenvalue weighted by molar-refractivity contribution is 6.30. The summed E-state index contributed by atoms with van der Waals surface area (Å²) in [6.07, 6.45) is 6.57. The molecule has 18 heavy (non-hydrogen) atoms. The third kappa shape index (κ3) is 3.61. The molecular formula is C15H18ClNO. The third-order valence-corrected chi connectivity index (χ3v) is 3.55. The first-order valence-corrected chi connectivity index (χ1v) is 6.77. The van der Waals surface area contributed by atoms with Gasteiger partial charge in [0.15, 0.2) is 0 Å². The van der Waals surface area contributed by atoms with Crippen LogP contribution < -0.4 is 5.32 Å². The van der Waals surface area contributed by atoms with Gasteiger partial charge in [0.1, 0.15) is 0 Å². The van der Waals surface area contributed by atoms with Crippen molar-refractivity contribution in [3.63, 3.8) is 0 Å². The molecule has 0 radical (unpaired) electrons. The smallest absolute Gasteiger partial charge is 0.247 e. The molecule has 1 aliphatic carbocycles. The predicted molar refractivity (Wildman–Crippen MR) is 75.5 cm³/mol. The SMILES string of the molecule is C/C(=C\c1ccc(Cl)cc1)C(=O)NC1CCCC1. The Hall–Kier alpha value is -1.28. The molecule has 0 spiro atoms. The Morgan fingerprint density at radius 3 is 2.50 bits per heavy atom. The van der Waals surface area contributed by atoms with Crippen LogP contribution in [0.15, 0.2) is 29.8 Å². The van der Waals surface area contributed by atoms with Crippen LogP contribution in [0.3, 0.4) is 0 Å². The van der Waals surface area contributed by atoms with Crippen molar-refractivity contribution in [3.05, 3.63) is 40.4 Å². The van der Waals surface area contributed by atoms with E-state index in [0.29, 0.717) is 11.1 Å². The van der Waals surface area contributed by atoms with Crippen molar-refractivity contribution in [1.29, 1.82) is 0 Å². The van der Waals surface area contributed by atoms with Gasteiger partial charge in [-0.05, 0) is 43.5 Å². The normalized spacial score (nSPS) is 16.9. The first kappa shape index (κ1) is 13.2. The second kappa shape index (κ2) is 6.05. The average molecular weight is 264 g/mol. The fraction of sp³-hybridized carbons (Fsp3) is 0.400. The number of benzene rings is 1. The molecule has 1 aromatic rings. The Morgan fingerprint density at radius 2 is 1.89 bits per heavy atom. The summed E-state index contributed by atoms with van der Waals surface area (Å²) in [4.78, 5) is 12.0. The molecule has 0 bridgehead atoms. The minimum atomic E-state index is 0.0388. The van der Waals surface area contributed by atoms with Gasteiger partial charge in [0, 0.05) is 16.6 Å². The van der Waals surface area contributed by atoms with E-state index < -0.39 is 0 Å². The van der Waals surface area contributed by atoms with E-state index in [2.05, 4.69) is 5.32 Å². The van der Waals surface area contributed by atoms with E-state index in [0.717, 1.165) is 24.0 Å². The van der Waals surface area contributed by atoms with Crippen molar-refractivity contribution in [1.82, 2.24) is 5.32 Å². The summed E-state index contributed by atoms with van der Waals surface area (Å²) in [6, 6.07) is 7.85. The highest BCUT2D eigenvalue weighted by atomic mass is 35.5. The van der Waals surface area contributed by atoms with Crippen molar-refractivity contribution in [2.24, 2.45) is 0 Å². The molecule has 3 heteroatoms. The number of nitrogens with one attached hydrogen (secondary N) is 1. The molecule has 0 saturated heterocycles. The van der Waals surface area contributed by atoms with Gasteiger partial charge in [-0.1, -0.05) is 36.6 Å². The monoisotopic (exact) mass is 263 g/mol. The molecule has 1 aromatic carbocycles. The number of hydrogen-bond acceptors (Lipinski definition) is 1. The molecule has 2 nitrogen and oxygen atoms in total. The summed E-state index contributed by atoms with van der Waals surface area (Å²) in [6.45, 7) is 1.85. The summed E-state index contributed by atoms with van der Waals surface area (Å²) in [5, 5.41) is 3.79. The standard InChI is InChI=1S/C15H18ClNO/c1-11(10-12-6-8-13(16)9-7-12)15(18)17-14-4-2-3-5-14/h6-10,14H,2-5H2,1H3,(H,17,18)/b11-10+. The predicted octanol–water partition coefficient (Wildman–Crippen LogP) is 3.80. The molecule has 1 fully saturated rings. The van der Waals surface area contributed by atoms with Crippen molar-refractivity contribution in [3.8, 4) is 0 Å². The van der Waals surface area contributed by atoms with Crippen LogP contribution in [0.2, 0.25) is 5.02 Å². The molecule has 1 saturated carbocycles. The number of hydrogen-bond donors (Lipinski definition) is 1. The lowest BCUT2D eigenvalue weighted by atomic mass is 10.1. The van der Waals surface area contributed by atoms with Gasteiger partial charge in [-0.15, -0.1) is 0 Å². The van der Waals surface area contributed by atoms with Gasteiger partial charge < -0.3 is 5.32 Å².